The third kappa shape index (κ3) is 4.58. The molecule has 0 aromatic rings. The van der Waals surface area contributed by atoms with Crippen molar-refractivity contribution in [2.45, 2.75) is 0 Å². The van der Waals surface area contributed by atoms with E-state index in [1.807, 2.05) is 0 Å². The quantitative estimate of drug-likeness (QED) is 0.259. The SMILES string of the molecule is C=COCCN(CO)C(N)=S. The molecule has 0 amide bonds. The van der Waals surface area contributed by atoms with Crippen LogP contribution in [-0.2, 0) is 4.74 Å². The molecule has 4 nitrogen and oxygen atoms in total. The molecule has 0 bridgehead atoms. The van der Waals surface area contributed by atoms with Gasteiger partial charge in [-0.3, -0.25) is 0 Å². The Morgan fingerprint density at radius 2 is 2.45 bits per heavy atom. The number of aliphatic hydroxyl groups excluding tert-OH is 1. The van der Waals surface area contributed by atoms with E-state index in [1.54, 1.807) is 0 Å². The van der Waals surface area contributed by atoms with Crippen LogP contribution < -0.4 is 5.73 Å². The number of aliphatic hydroxyl groups is 1. The molecule has 0 aromatic heterocycles. The molecule has 3 N–H and O–H groups in total. The summed E-state index contributed by atoms with van der Waals surface area (Å²) in [6, 6.07) is 0. The van der Waals surface area contributed by atoms with Crippen molar-refractivity contribution in [1.82, 2.24) is 4.90 Å². The Hall–Kier alpha value is -0.810. The zero-order valence-corrected chi connectivity index (χ0v) is 7.01. The molecular formula is C6H12N2O2S. The van der Waals surface area contributed by atoms with Crippen LogP contribution >= 0.6 is 12.2 Å². The van der Waals surface area contributed by atoms with Gasteiger partial charge in [-0.2, -0.15) is 0 Å². The Labute approximate surface area is 71.2 Å². The molecule has 0 aliphatic heterocycles. The molecule has 5 heteroatoms. The van der Waals surface area contributed by atoms with Crippen LogP contribution in [-0.4, -0.2) is 35.0 Å². The minimum Gasteiger partial charge on any atom is -0.500 e. The summed E-state index contributed by atoms with van der Waals surface area (Å²) in [6.45, 7) is 4.06. The Kier molecular flexibility index (Phi) is 5.50. The van der Waals surface area contributed by atoms with Gasteiger partial charge in [-0.1, -0.05) is 6.58 Å². The van der Waals surface area contributed by atoms with Crippen molar-refractivity contribution in [2.75, 3.05) is 19.9 Å². The average Bonchev–Trinajstić information content (AvgIpc) is 1.97. The molecule has 0 rings (SSSR count). The molecule has 0 atom stereocenters. The highest BCUT2D eigenvalue weighted by Crippen LogP contribution is 1.86. The molecule has 0 unspecified atom stereocenters. The van der Waals surface area contributed by atoms with Gasteiger partial charge in [0.2, 0.25) is 0 Å². The van der Waals surface area contributed by atoms with E-state index >= 15 is 0 Å². The predicted molar refractivity (Wildman–Crippen MR) is 46.7 cm³/mol. The molecule has 0 radical (unpaired) electrons. The van der Waals surface area contributed by atoms with Crippen molar-refractivity contribution in [1.29, 1.82) is 0 Å². The van der Waals surface area contributed by atoms with Gasteiger partial charge >= 0.3 is 0 Å². The summed E-state index contributed by atoms with van der Waals surface area (Å²) in [7, 11) is 0. The van der Waals surface area contributed by atoms with Crippen molar-refractivity contribution in [2.24, 2.45) is 5.73 Å². The van der Waals surface area contributed by atoms with Crippen molar-refractivity contribution in [3.8, 4) is 0 Å². The number of nitrogens with zero attached hydrogens (tertiary/aromatic N) is 1. The lowest BCUT2D eigenvalue weighted by atomic mass is 10.6. The Morgan fingerprint density at radius 1 is 1.82 bits per heavy atom. The van der Waals surface area contributed by atoms with Crippen molar-refractivity contribution in [3.05, 3.63) is 12.8 Å². The first kappa shape index (κ1) is 10.2. The maximum absolute atomic E-state index is 8.67. The molecule has 0 aliphatic carbocycles. The van der Waals surface area contributed by atoms with Crippen LogP contribution in [0.1, 0.15) is 0 Å². The molecule has 0 heterocycles. The Morgan fingerprint density at radius 3 is 2.82 bits per heavy atom. The monoisotopic (exact) mass is 176 g/mol. The second-order valence-corrected chi connectivity index (χ2v) is 2.20. The van der Waals surface area contributed by atoms with E-state index in [0.717, 1.165) is 0 Å². The van der Waals surface area contributed by atoms with E-state index in [2.05, 4.69) is 18.8 Å². The van der Waals surface area contributed by atoms with Crippen LogP contribution in [0.2, 0.25) is 0 Å². The Bertz CT molecular complexity index is 141. The lowest BCUT2D eigenvalue weighted by Gasteiger charge is -2.18. The zero-order valence-electron chi connectivity index (χ0n) is 6.19. The van der Waals surface area contributed by atoms with Crippen LogP contribution in [0.5, 0.6) is 0 Å². The van der Waals surface area contributed by atoms with E-state index < -0.39 is 0 Å². The number of rotatable bonds is 5. The van der Waals surface area contributed by atoms with Gasteiger partial charge in [-0.15, -0.1) is 0 Å². The molecule has 0 fully saturated rings. The normalized spacial score (nSPS) is 8.82. The fourth-order valence-corrected chi connectivity index (χ4v) is 0.646. The van der Waals surface area contributed by atoms with E-state index in [4.69, 9.17) is 15.6 Å². The summed E-state index contributed by atoms with van der Waals surface area (Å²) < 4.78 is 4.81. The number of hydrogen-bond acceptors (Lipinski definition) is 3. The maximum atomic E-state index is 8.67. The highest BCUT2D eigenvalue weighted by atomic mass is 32.1. The summed E-state index contributed by atoms with van der Waals surface area (Å²) in [5, 5.41) is 8.84. The van der Waals surface area contributed by atoms with Gasteiger partial charge in [0.1, 0.15) is 13.3 Å². The van der Waals surface area contributed by atoms with Gasteiger partial charge < -0.3 is 20.5 Å². The third-order valence-corrected chi connectivity index (χ3v) is 1.34. The van der Waals surface area contributed by atoms with E-state index in [0.29, 0.717) is 13.2 Å². The Balaban J connectivity index is 3.52. The van der Waals surface area contributed by atoms with Gasteiger partial charge in [-0.05, 0) is 12.2 Å². The molecule has 0 aromatic carbocycles. The highest BCUT2D eigenvalue weighted by Gasteiger charge is 2.02. The topological polar surface area (TPSA) is 58.7 Å². The van der Waals surface area contributed by atoms with Crippen LogP contribution in [0.15, 0.2) is 12.8 Å². The molecule has 11 heavy (non-hydrogen) atoms. The number of hydrogen-bond donors (Lipinski definition) is 2. The largest absolute Gasteiger partial charge is 0.500 e. The maximum Gasteiger partial charge on any atom is 0.168 e. The second kappa shape index (κ2) is 5.94. The highest BCUT2D eigenvalue weighted by molar-refractivity contribution is 7.80. The molecule has 0 saturated heterocycles. The molecule has 0 aliphatic rings. The fourth-order valence-electron chi connectivity index (χ4n) is 0.497. The van der Waals surface area contributed by atoms with E-state index in [1.165, 1.54) is 11.2 Å². The molecule has 0 saturated carbocycles. The van der Waals surface area contributed by atoms with Crippen LogP contribution in [0.3, 0.4) is 0 Å². The van der Waals surface area contributed by atoms with Gasteiger partial charge in [0.15, 0.2) is 5.11 Å². The van der Waals surface area contributed by atoms with E-state index in [9.17, 15) is 0 Å². The third-order valence-electron chi connectivity index (χ3n) is 1.08. The number of ether oxygens (including phenoxy) is 1. The first-order chi connectivity index (χ1) is 5.22. The summed E-state index contributed by atoms with van der Waals surface area (Å²) in [6.07, 6.45) is 1.33. The molecule has 0 spiro atoms. The summed E-state index contributed by atoms with van der Waals surface area (Å²) in [5.41, 5.74) is 5.25. The van der Waals surface area contributed by atoms with Gasteiger partial charge in [0, 0.05) is 0 Å². The summed E-state index contributed by atoms with van der Waals surface area (Å²) >= 11 is 4.63. The summed E-state index contributed by atoms with van der Waals surface area (Å²) in [4.78, 5) is 1.42. The minimum absolute atomic E-state index is 0.167. The summed E-state index contributed by atoms with van der Waals surface area (Å²) in [5.74, 6) is 0. The lowest BCUT2D eigenvalue weighted by Crippen LogP contribution is -2.38. The van der Waals surface area contributed by atoms with E-state index in [-0.39, 0.29) is 11.8 Å². The van der Waals surface area contributed by atoms with Crippen molar-refractivity contribution < 1.29 is 9.84 Å². The fraction of sp³-hybridized carbons (Fsp3) is 0.500. The molecule has 64 valence electrons. The predicted octanol–water partition coefficient (Wildman–Crippen LogP) is -0.358. The zero-order chi connectivity index (χ0) is 8.69. The lowest BCUT2D eigenvalue weighted by molar-refractivity contribution is 0.139. The van der Waals surface area contributed by atoms with Crippen molar-refractivity contribution >= 4 is 17.3 Å². The van der Waals surface area contributed by atoms with Crippen molar-refractivity contribution in [3.63, 3.8) is 0 Å². The number of thiocarbonyl (C=S) groups is 1. The van der Waals surface area contributed by atoms with Gasteiger partial charge in [-0.25, -0.2) is 0 Å². The average molecular weight is 176 g/mol. The van der Waals surface area contributed by atoms with Crippen LogP contribution in [0, 0.1) is 0 Å². The van der Waals surface area contributed by atoms with Gasteiger partial charge in [0.25, 0.3) is 0 Å². The van der Waals surface area contributed by atoms with Crippen LogP contribution in [0.4, 0.5) is 0 Å². The smallest absolute Gasteiger partial charge is 0.168 e. The number of nitrogens with two attached hydrogens (primary N) is 1. The minimum atomic E-state index is -0.185. The first-order valence-corrected chi connectivity index (χ1v) is 3.51. The molecular weight excluding hydrogens is 164 g/mol. The standard InChI is InChI=1S/C6H12N2O2S/c1-2-10-4-3-8(5-9)6(7)11/h2,9H,1,3-5H2,(H2,7,11). The first-order valence-electron chi connectivity index (χ1n) is 3.10. The second-order valence-electron chi connectivity index (χ2n) is 1.78. The van der Waals surface area contributed by atoms with Gasteiger partial charge in [0.05, 0.1) is 12.8 Å². The van der Waals surface area contributed by atoms with Crippen LogP contribution in [0.25, 0.3) is 0 Å².